The zero-order valence-electron chi connectivity index (χ0n) is 8.84. The van der Waals surface area contributed by atoms with Crippen molar-refractivity contribution in [3.05, 3.63) is 53.1 Å². The van der Waals surface area contributed by atoms with Crippen molar-refractivity contribution >= 4 is 23.5 Å². The van der Waals surface area contributed by atoms with Gasteiger partial charge in [0, 0.05) is 16.8 Å². The molecule has 0 aromatic heterocycles. The molecule has 2 rings (SSSR count). The number of hydrogen-bond donors (Lipinski definition) is 2. The van der Waals surface area contributed by atoms with Gasteiger partial charge < -0.3 is 10.2 Å². The lowest BCUT2D eigenvalue weighted by Crippen LogP contribution is -1.81. The Morgan fingerprint density at radius 3 is 2.41 bits per heavy atom. The fourth-order valence-corrected chi connectivity index (χ4v) is 1.49. The van der Waals surface area contributed by atoms with E-state index >= 15 is 0 Å². The molecule has 0 amide bonds. The summed E-state index contributed by atoms with van der Waals surface area (Å²) in [5.74, 6) is 0.312. The molecule has 0 radical (unpaired) electrons. The SMILES string of the molecule is Oc1ccc(N=Cc2cc(Cl)ccc2O)cc1. The quantitative estimate of drug-likeness (QED) is 0.798. The average Bonchev–Trinajstić information content (AvgIpc) is 2.32. The van der Waals surface area contributed by atoms with Gasteiger partial charge in [0.1, 0.15) is 11.5 Å². The average molecular weight is 248 g/mol. The maximum Gasteiger partial charge on any atom is 0.124 e. The summed E-state index contributed by atoms with van der Waals surface area (Å²) in [7, 11) is 0. The summed E-state index contributed by atoms with van der Waals surface area (Å²) in [6, 6.07) is 11.2. The Morgan fingerprint density at radius 2 is 1.71 bits per heavy atom. The summed E-state index contributed by atoms with van der Waals surface area (Å²) in [6.45, 7) is 0. The fraction of sp³-hybridized carbons (Fsp3) is 0. The molecule has 2 aromatic rings. The molecule has 0 bridgehead atoms. The van der Waals surface area contributed by atoms with Gasteiger partial charge in [0.15, 0.2) is 0 Å². The van der Waals surface area contributed by atoms with Crippen molar-refractivity contribution in [3.8, 4) is 11.5 Å². The topological polar surface area (TPSA) is 52.8 Å². The lowest BCUT2D eigenvalue weighted by atomic mass is 10.2. The van der Waals surface area contributed by atoms with Crippen LogP contribution in [0.3, 0.4) is 0 Å². The Labute approximate surface area is 104 Å². The number of phenols is 2. The molecule has 17 heavy (non-hydrogen) atoms. The summed E-state index contributed by atoms with van der Waals surface area (Å²) in [6.07, 6.45) is 1.52. The number of rotatable bonds is 2. The number of aliphatic imine (C=N–C) groups is 1. The first-order chi connectivity index (χ1) is 8.15. The molecular formula is C13H10ClNO2. The molecule has 2 aromatic carbocycles. The molecule has 0 saturated heterocycles. The fourth-order valence-electron chi connectivity index (χ4n) is 1.31. The summed E-state index contributed by atoms with van der Waals surface area (Å²) < 4.78 is 0. The van der Waals surface area contributed by atoms with Gasteiger partial charge in [-0.1, -0.05) is 11.6 Å². The predicted octanol–water partition coefficient (Wildman–Crippen LogP) is 3.50. The Bertz CT molecular complexity index is 550. The molecule has 0 atom stereocenters. The smallest absolute Gasteiger partial charge is 0.124 e. The molecular weight excluding hydrogens is 238 g/mol. The van der Waals surface area contributed by atoms with Gasteiger partial charge in [0.2, 0.25) is 0 Å². The zero-order valence-corrected chi connectivity index (χ0v) is 9.59. The van der Waals surface area contributed by atoms with E-state index < -0.39 is 0 Å². The van der Waals surface area contributed by atoms with Gasteiger partial charge in [-0.2, -0.15) is 0 Å². The Balaban J connectivity index is 2.25. The van der Waals surface area contributed by atoms with Gasteiger partial charge in [-0.05, 0) is 42.5 Å². The third kappa shape index (κ3) is 2.98. The van der Waals surface area contributed by atoms with E-state index in [1.165, 1.54) is 12.3 Å². The maximum atomic E-state index is 9.57. The van der Waals surface area contributed by atoms with Crippen LogP contribution in [-0.4, -0.2) is 16.4 Å². The zero-order chi connectivity index (χ0) is 12.3. The van der Waals surface area contributed by atoms with Gasteiger partial charge in [-0.25, -0.2) is 0 Å². The Hall–Kier alpha value is -2.00. The number of aromatic hydroxyl groups is 2. The molecule has 0 heterocycles. The molecule has 2 N–H and O–H groups in total. The summed E-state index contributed by atoms with van der Waals surface area (Å²) in [5, 5.41) is 19.2. The second-order valence-corrected chi connectivity index (χ2v) is 3.91. The van der Waals surface area contributed by atoms with E-state index in [2.05, 4.69) is 4.99 Å². The van der Waals surface area contributed by atoms with Crippen molar-refractivity contribution in [1.82, 2.24) is 0 Å². The summed E-state index contributed by atoms with van der Waals surface area (Å²) >= 11 is 5.81. The third-order valence-corrected chi connectivity index (χ3v) is 2.43. The second kappa shape index (κ2) is 4.89. The van der Waals surface area contributed by atoms with E-state index in [9.17, 15) is 5.11 Å². The van der Waals surface area contributed by atoms with Crippen LogP contribution in [0, 0.1) is 0 Å². The van der Waals surface area contributed by atoms with Gasteiger partial charge >= 0.3 is 0 Å². The van der Waals surface area contributed by atoms with Crippen molar-refractivity contribution in [2.45, 2.75) is 0 Å². The molecule has 0 aliphatic heterocycles. The minimum absolute atomic E-state index is 0.122. The molecule has 4 heteroatoms. The number of halogens is 1. The van der Waals surface area contributed by atoms with E-state index in [0.29, 0.717) is 16.3 Å². The second-order valence-electron chi connectivity index (χ2n) is 3.48. The van der Waals surface area contributed by atoms with Crippen molar-refractivity contribution in [1.29, 1.82) is 0 Å². The van der Waals surface area contributed by atoms with Crippen LogP contribution in [0.2, 0.25) is 5.02 Å². The molecule has 0 unspecified atom stereocenters. The molecule has 0 fully saturated rings. The predicted molar refractivity (Wildman–Crippen MR) is 68.5 cm³/mol. The van der Waals surface area contributed by atoms with Crippen molar-refractivity contribution in [2.75, 3.05) is 0 Å². The minimum atomic E-state index is 0.122. The highest BCUT2D eigenvalue weighted by Crippen LogP contribution is 2.21. The largest absolute Gasteiger partial charge is 0.508 e. The molecule has 3 nitrogen and oxygen atoms in total. The molecule has 0 aliphatic rings. The van der Waals surface area contributed by atoms with Crippen LogP contribution in [0.5, 0.6) is 11.5 Å². The minimum Gasteiger partial charge on any atom is -0.508 e. The van der Waals surface area contributed by atoms with Crippen LogP contribution in [0.1, 0.15) is 5.56 Å². The van der Waals surface area contributed by atoms with Gasteiger partial charge in [-0.3, -0.25) is 4.99 Å². The highest BCUT2D eigenvalue weighted by molar-refractivity contribution is 6.30. The van der Waals surface area contributed by atoms with Gasteiger partial charge in [-0.15, -0.1) is 0 Å². The first-order valence-corrected chi connectivity index (χ1v) is 5.34. The number of phenolic OH excluding ortho intramolecular Hbond substituents is 2. The first-order valence-electron chi connectivity index (χ1n) is 4.97. The molecule has 86 valence electrons. The first kappa shape index (κ1) is 11.5. The van der Waals surface area contributed by atoms with E-state index in [-0.39, 0.29) is 11.5 Å². The van der Waals surface area contributed by atoms with Crippen molar-refractivity contribution in [3.63, 3.8) is 0 Å². The number of benzene rings is 2. The molecule has 0 spiro atoms. The van der Waals surface area contributed by atoms with Crippen LogP contribution in [-0.2, 0) is 0 Å². The van der Waals surface area contributed by atoms with E-state index in [4.69, 9.17) is 16.7 Å². The maximum absolute atomic E-state index is 9.57. The Kier molecular flexibility index (Phi) is 3.30. The number of nitrogens with zero attached hydrogens (tertiary/aromatic N) is 1. The van der Waals surface area contributed by atoms with Crippen LogP contribution < -0.4 is 0 Å². The Morgan fingerprint density at radius 1 is 1.00 bits per heavy atom. The standard InChI is InChI=1S/C13H10ClNO2/c14-10-1-6-13(17)9(7-10)8-15-11-2-4-12(16)5-3-11/h1-8,16-17H. The molecule has 0 saturated carbocycles. The third-order valence-electron chi connectivity index (χ3n) is 2.19. The van der Waals surface area contributed by atoms with Gasteiger partial charge in [0.05, 0.1) is 5.69 Å². The summed E-state index contributed by atoms with van der Waals surface area (Å²) in [5.41, 5.74) is 1.23. The normalized spacial score (nSPS) is 10.9. The summed E-state index contributed by atoms with van der Waals surface area (Å²) in [4.78, 5) is 4.16. The van der Waals surface area contributed by atoms with Crippen LogP contribution in [0.25, 0.3) is 0 Å². The van der Waals surface area contributed by atoms with E-state index in [1.54, 1.807) is 36.4 Å². The number of hydrogen-bond acceptors (Lipinski definition) is 3. The highest BCUT2D eigenvalue weighted by atomic mass is 35.5. The molecule has 0 aliphatic carbocycles. The monoisotopic (exact) mass is 247 g/mol. The van der Waals surface area contributed by atoms with Crippen LogP contribution in [0.15, 0.2) is 47.5 Å². The highest BCUT2D eigenvalue weighted by Gasteiger charge is 1.98. The van der Waals surface area contributed by atoms with Crippen molar-refractivity contribution in [2.24, 2.45) is 4.99 Å². The van der Waals surface area contributed by atoms with E-state index in [1.807, 2.05) is 0 Å². The van der Waals surface area contributed by atoms with Crippen LogP contribution in [0.4, 0.5) is 5.69 Å². The van der Waals surface area contributed by atoms with Crippen molar-refractivity contribution < 1.29 is 10.2 Å². The lowest BCUT2D eigenvalue weighted by molar-refractivity contribution is 0.474. The van der Waals surface area contributed by atoms with Crippen LogP contribution >= 0.6 is 11.6 Å². The lowest BCUT2D eigenvalue weighted by Gasteiger charge is -1.99. The van der Waals surface area contributed by atoms with Gasteiger partial charge in [0.25, 0.3) is 0 Å². The van der Waals surface area contributed by atoms with E-state index in [0.717, 1.165) is 0 Å².